The molecule has 220 valence electrons. The van der Waals surface area contributed by atoms with Crippen molar-refractivity contribution in [3.05, 3.63) is 81.4 Å². The number of carbonyl (C=O) groups is 2. The zero-order valence-corrected chi connectivity index (χ0v) is 23.4. The van der Waals surface area contributed by atoms with Crippen LogP contribution in [0.2, 0.25) is 0 Å². The second-order valence-corrected chi connectivity index (χ2v) is 10.1. The van der Waals surface area contributed by atoms with Crippen LogP contribution in [-0.2, 0) is 23.4 Å². The number of tetrazole rings is 1. The van der Waals surface area contributed by atoms with Crippen molar-refractivity contribution in [1.29, 1.82) is 0 Å². The van der Waals surface area contributed by atoms with E-state index in [1.807, 2.05) is 49.4 Å². The number of rotatable bonds is 13. The number of aromatic nitrogens is 6. The lowest BCUT2D eigenvalue weighted by atomic mass is 9.98. The number of aliphatic hydroxyl groups is 1. The fraction of sp³-hybridized carbons (Fsp3) is 0.357. The number of aromatic carboxylic acids is 1. The van der Waals surface area contributed by atoms with Crippen molar-refractivity contribution in [2.75, 3.05) is 6.61 Å². The second kappa shape index (κ2) is 12.7. The average Bonchev–Trinajstić information content (AvgIpc) is 3.58. The Hall–Kier alpha value is -4.98. The molecule has 0 saturated heterocycles. The third-order valence-corrected chi connectivity index (χ3v) is 6.44. The molecule has 0 amide bonds. The van der Waals surface area contributed by atoms with Gasteiger partial charge in [0.25, 0.3) is 11.0 Å². The molecule has 42 heavy (non-hydrogen) atoms. The van der Waals surface area contributed by atoms with Gasteiger partial charge in [-0.25, -0.2) is 9.78 Å². The van der Waals surface area contributed by atoms with Crippen molar-refractivity contribution in [3.8, 4) is 22.5 Å². The number of carboxylic acids is 1. The second-order valence-electron chi connectivity index (χ2n) is 10.1. The molecular formula is C28H31N7O7. The summed E-state index contributed by atoms with van der Waals surface area (Å²) in [5, 5.41) is 42.0. The molecule has 0 aliphatic carbocycles. The summed E-state index contributed by atoms with van der Waals surface area (Å²) >= 11 is 0. The predicted molar refractivity (Wildman–Crippen MR) is 149 cm³/mol. The number of hydrogen-bond donors (Lipinski definition) is 2. The summed E-state index contributed by atoms with van der Waals surface area (Å²) in [5.41, 5.74) is 1.79. The van der Waals surface area contributed by atoms with Gasteiger partial charge in [-0.3, -0.25) is 4.79 Å². The van der Waals surface area contributed by atoms with E-state index < -0.39 is 22.6 Å². The van der Waals surface area contributed by atoms with Crippen LogP contribution in [0.15, 0.2) is 48.5 Å². The lowest BCUT2D eigenvalue weighted by Crippen LogP contribution is -2.22. The molecule has 2 heterocycles. The summed E-state index contributed by atoms with van der Waals surface area (Å²) in [5.74, 6) is -0.803. The van der Waals surface area contributed by atoms with Gasteiger partial charge in [-0.15, -0.1) is 20.3 Å². The van der Waals surface area contributed by atoms with E-state index in [4.69, 9.17) is 0 Å². The number of hydrogen-bond acceptors (Lipinski definition) is 10. The van der Waals surface area contributed by atoms with E-state index in [1.165, 1.54) is 13.8 Å². The number of aryl methyl sites for hydroxylation is 1. The smallest absolute Gasteiger partial charge is 0.354 e. The zero-order chi connectivity index (χ0) is 30.4. The Bertz CT molecular complexity index is 1590. The van der Waals surface area contributed by atoms with Crippen LogP contribution in [0.5, 0.6) is 0 Å². The molecule has 0 unspecified atom stereocenters. The molecular weight excluding hydrogens is 546 g/mol. The van der Waals surface area contributed by atoms with Gasteiger partial charge in [0.2, 0.25) is 5.82 Å². The topological polar surface area (TPSA) is 188 Å². The lowest BCUT2D eigenvalue weighted by Gasteiger charge is -2.16. The molecule has 4 rings (SSSR count). The standard InChI is InChI=1S/C28H31N7O7/c1-4-8-22-29-25(28(2,3)39)24(27(37)38)33(22)17-18-12-14-19(15-13-18)20-9-5-6-10-21(20)26-30-32-34(31-26)23(36)11-7-16-42-35(40)41/h5-6,9-10,12-15,39H,4,7-8,11,16-17H2,1-3H3,(H,37,38). The molecule has 0 saturated carbocycles. The van der Waals surface area contributed by atoms with Gasteiger partial charge in [-0.2, -0.15) is 0 Å². The van der Waals surface area contributed by atoms with Crippen LogP contribution in [0, 0.1) is 10.1 Å². The largest absolute Gasteiger partial charge is 0.477 e. The molecule has 0 spiro atoms. The molecule has 2 N–H and O–H groups in total. The molecule has 2 aromatic heterocycles. The number of nitrogens with zero attached hydrogens (tertiary/aromatic N) is 7. The third-order valence-electron chi connectivity index (χ3n) is 6.44. The van der Waals surface area contributed by atoms with Crippen molar-refractivity contribution in [2.45, 2.75) is 58.6 Å². The van der Waals surface area contributed by atoms with E-state index in [0.29, 0.717) is 17.8 Å². The SMILES string of the molecule is CCCc1nc(C(C)(C)O)c(C(=O)O)n1Cc1ccc(-c2ccccc2-c2nnn(C(=O)CCCO[N+](=O)[O-])n2)cc1. The molecule has 2 aromatic carbocycles. The normalized spacial score (nSPS) is 11.4. The molecule has 0 aliphatic rings. The van der Waals surface area contributed by atoms with E-state index in [1.54, 1.807) is 10.6 Å². The maximum Gasteiger partial charge on any atom is 0.354 e. The Morgan fingerprint density at radius 3 is 2.40 bits per heavy atom. The van der Waals surface area contributed by atoms with Gasteiger partial charge in [0.15, 0.2) is 5.69 Å². The summed E-state index contributed by atoms with van der Waals surface area (Å²) in [6.45, 7) is 5.07. The summed E-state index contributed by atoms with van der Waals surface area (Å²) in [4.78, 5) is 44.4. The Kier molecular flexibility index (Phi) is 9.06. The fourth-order valence-electron chi connectivity index (χ4n) is 4.52. The monoisotopic (exact) mass is 577 g/mol. The van der Waals surface area contributed by atoms with Crippen molar-refractivity contribution in [2.24, 2.45) is 0 Å². The Morgan fingerprint density at radius 2 is 1.79 bits per heavy atom. The lowest BCUT2D eigenvalue weighted by molar-refractivity contribution is -0.757. The molecule has 14 heteroatoms. The minimum absolute atomic E-state index is 0.0330. The number of benzene rings is 2. The minimum atomic E-state index is -1.42. The van der Waals surface area contributed by atoms with E-state index in [9.17, 15) is 29.9 Å². The van der Waals surface area contributed by atoms with Crippen molar-refractivity contribution >= 4 is 11.9 Å². The Morgan fingerprint density at radius 1 is 1.10 bits per heavy atom. The molecule has 0 aliphatic heterocycles. The van der Waals surface area contributed by atoms with Crippen LogP contribution in [0.3, 0.4) is 0 Å². The first kappa shape index (κ1) is 30.0. The highest BCUT2D eigenvalue weighted by Crippen LogP contribution is 2.31. The zero-order valence-electron chi connectivity index (χ0n) is 23.4. The number of imidazole rings is 1. The van der Waals surface area contributed by atoms with E-state index in [-0.39, 0.29) is 43.2 Å². The van der Waals surface area contributed by atoms with Crippen molar-refractivity contribution < 1.29 is 29.7 Å². The van der Waals surface area contributed by atoms with Gasteiger partial charge in [-0.05, 0) is 48.6 Å². The van der Waals surface area contributed by atoms with Crippen LogP contribution in [0.25, 0.3) is 22.5 Å². The van der Waals surface area contributed by atoms with Gasteiger partial charge in [0, 0.05) is 24.9 Å². The van der Waals surface area contributed by atoms with Gasteiger partial charge in [-0.1, -0.05) is 60.3 Å². The predicted octanol–water partition coefficient (Wildman–Crippen LogP) is 3.76. The van der Waals surface area contributed by atoms with E-state index in [2.05, 4.69) is 25.2 Å². The molecule has 0 fully saturated rings. The fourth-order valence-corrected chi connectivity index (χ4v) is 4.52. The highest BCUT2D eigenvalue weighted by atomic mass is 16.9. The van der Waals surface area contributed by atoms with Gasteiger partial charge in [0.05, 0.1) is 6.61 Å². The van der Waals surface area contributed by atoms with Crippen LogP contribution in [0.4, 0.5) is 0 Å². The van der Waals surface area contributed by atoms with E-state index in [0.717, 1.165) is 27.9 Å². The average molecular weight is 578 g/mol. The molecule has 14 nitrogen and oxygen atoms in total. The summed E-state index contributed by atoms with van der Waals surface area (Å²) in [6, 6.07) is 14.9. The van der Waals surface area contributed by atoms with Crippen LogP contribution in [-0.4, -0.2) is 63.5 Å². The first-order valence-corrected chi connectivity index (χ1v) is 13.3. The van der Waals surface area contributed by atoms with Crippen LogP contribution in [0.1, 0.15) is 72.4 Å². The number of carboxylic acid groups (broad SMARTS) is 1. The first-order chi connectivity index (χ1) is 20.0. The van der Waals surface area contributed by atoms with Crippen LogP contribution >= 0.6 is 0 Å². The summed E-state index contributed by atoms with van der Waals surface area (Å²) in [7, 11) is 0. The molecule has 0 atom stereocenters. The highest BCUT2D eigenvalue weighted by Gasteiger charge is 2.31. The Labute approximate surface area is 240 Å². The first-order valence-electron chi connectivity index (χ1n) is 13.3. The summed E-state index contributed by atoms with van der Waals surface area (Å²) < 4.78 is 1.64. The minimum Gasteiger partial charge on any atom is -0.477 e. The summed E-state index contributed by atoms with van der Waals surface area (Å²) in [6.07, 6.45) is 1.40. The maximum absolute atomic E-state index is 12.4. The quantitative estimate of drug-likeness (QED) is 0.134. The number of carbonyl (C=O) groups excluding carboxylic acids is 1. The maximum atomic E-state index is 12.4. The molecule has 0 radical (unpaired) electrons. The van der Waals surface area contributed by atoms with Gasteiger partial charge in [0.1, 0.15) is 17.1 Å². The van der Waals surface area contributed by atoms with Gasteiger partial charge >= 0.3 is 5.97 Å². The van der Waals surface area contributed by atoms with Crippen molar-refractivity contribution in [3.63, 3.8) is 0 Å². The molecule has 4 aromatic rings. The third kappa shape index (κ3) is 6.83. The van der Waals surface area contributed by atoms with Gasteiger partial charge < -0.3 is 19.6 Å². The Balaban J connectivity index is 1.58. The van der Waals surface area contributed by atoms with Crippen molar-refractivity contribution in [1.82, 2.24) is 29.8 Å². The van der Waals surface area contributed by atoms with E-state index >= 15 is 0 Å². The molecule has 0 bridgehead atoms. The highest BCUT2D eigenvalue weighted by molar-refractivity contribution is 5.87. The van der Waals surface area contributed by atoms with Crippen LogP contribution < -0.4 is 0 Å².